The van der Waals surface area contributed by atoms with E-state index in [4.69, 9.17) is 9.47 Å². The second kappa shape index (κ2) is 10.1. The number of Topliss-reactive ketones (excluding diaryl/α,β-unsaturated/α-hetero) is 1. The van der Waals surface area contributed by atoms with E-state index in [0.29, 0.717) is 41.9 Å². The quantitative estimate of drug-likeness (QED) is 0.252. The fourth-order valence-electron chi connectivity index (χ4n) is 3.86. The summed E-state index contributed by atoms with van der Waals surface area (Å²) >= 11 is 1.42. The van der Waals surface area contributed by atoms with Gasteiger partial charge >= 0.3 is 0 Å². The Bertz CT molecular complexity index is 1220. The van der Waals surface area contributed by atoms with Gasteiger partial charge in [-0.1, -0.05) is 38.1 Å². The summed E-state index contributed by atoms with van der Waals surface area (Å²) in [6.45, 7) is 6.98. The molecule has 3 aromatic rings. The Hall–Kier alpha value is -3.58. The predicted molar refractivity (Wildman–Crippen MR) is 133 cm³/mol. The number of amides is 1. The zero-order valence-electron chi connectivity index (χ0n) is 19.4. The third-order valence-electron chi connectivity index (χ3n) is 5.35. The molecular formula is C27H27NO5S. The molecule has 2 heterocycles. The van der Waals surface area contributed by atoms with Gasteiger partial charge in [-0.2, -0.15) is 0 Å². The summed E-state index contributed by atoms with van der Waals surface area (Å²) in [5.74, 6) is -0.123. The van der Waals surface area contributed by atoms with Gasteiger partial charge in [-0.3, -0.25) is 14.5 Å². The number of ether oxygens (including phenoxy) is 2. The molecule has 1 saturated heterocycles. The van der Waals surface area contributed by atoms with Gasteiger partial charge in [0, 0.05) is 22.2 Å². The molecule has 0 aliphatic carbocycles. The Morgan fingerprint density at radius 3 is 2.44 bits per heavy atom. The molecule has 34 heavy (non-hydrogen) atoms. The molecule has 176 valence electrons. The van der Waals surface area contributed by atoms with Crippen LogP contribution in [0.4, 0.5) is 5.69 Å². The Labute approximate surface area is 203 Å². The van der Waals surface area contributed by atoms with Crippen molar-refractivity contribution in [1.82, 2.24) is 0 Å². The largest absolute Gasteiger partial charge is 0.507 e. The van der Waals surface area contributed by atoms with Crippen molar-refractivity contribution in [2.75, 3.05) is 18.1 Å². The Morgan fingerprint density at radius 1 is 1.03 bits per heavy atom. The minimum Gasteiger partial charge on any atom is -0.507 e. The van der Waals surface area contributed by atoms with Crippen molar-refractivity contribution < 1.29 is 24.2 Å². The van der Waals surface area contributed by atoms with Gasteiger partial charge in [0.2, 0.25) is 0 Å². The number of carbonyl (C=O) groups is 2. The summed E-state index contributed by atoms with van der Waals surface area (Å²) in [6.07, 6.45) is 0. The van der Waals surface area contributed by atoms with Crippen molar-refractivity contribution >= 4 is 34.5 Å². The molecule has 1 atom stereocenters. The van der Waals surface area contributed by atoms with Crippen LogP contribution in [0.25, 0.3) is 5.76 Å². The molecule has 1 N–H and O–H groups in total. The van der Waals surface area contributed by atoms with Crippen LogP contribution in [0.1, 0.15) is 37.3 Å². The van der Waals surface area contributed by atoms with Crippen molar-refractivity contribution in [3.05, 3.63) is 82.1 Å². The Balaban J connectivity index is 1.81. The molecule has 1 aliphatic rings. The van der Waals surface area contributed by atoms with E-state index in [-0.39, 0.29) is 11.3 Å². The molecule has 6 nitrogen and oxygen atoms in total. The topological polar surface area (TPSA) is 76.1 Å². The summed E-state index contributed by atoms with van der Waals surface area (Å²) in [5, 5.41) is 13.2. The van der Waals surface area contributed by atoms with Gasteiger partial charge in [-0.15, -0.1) is 11.3 Å². The van der Waals surface area contributed by atoms with Crippen LogP contribution in [0, 0.1) is 5.92 Å². The lowest BCUT2D eigenvalue weighted by Gasteiger charge is -2.24. The molecule has 2 aromatic carbocycles. The van der Waals surface area contributed by atoms with Gasteiger partial charge < -0.3 is 14.6 Å². The van der Waals surface area contributed by atoms with Crippen molar-refractivity contribution in [1.29, 1.82) is 0 Å². The standard InChI is InChI=1S/C27H27NO5S/c1-4-32-21-11-6-9-19(15-21)28-24(22-12-7-13-34-22)23(26(30)27(28)31)25(29)18-8-5-10-20(14-18)33-16-17(2)3/h5-15,17,24,29H,4,16H2,1-3H3/b25-23-. The zero-order valence-corrected chi connectivity index (χ0v) is 20.2. The zero-order chi connectivity index (χ0) is 24.2. The number of aliphatic hydroxyl groups is 1. The third-order valence-corrected chi connectivity index (χ3v) is 6.28. The highest BCUT2D eigenvalue weighted by molar-refractivity contribution is 7.10. The number of anilines is 1. The minimum atomic E-state index is -0.753. The molecule has 1 fully saturated rings. The number of hydrogen-bond acceptors (Lipinski definition) is 6. The van der Waals surface area contributed by atoms with Crippen LogP contribution >= 0.6 is 11.3 Å². The van der Waals surface area contributed by atoms with E-state index in [1.54, 1.807) is 48.5 Å². The number of thiophene rings is 1. The first-order valence-electron chi connectivity index (χ1n) is 11.2. The molecule has 1 aliphatic heterocycles. The summed E-state index contributed by atoms with van der Waals surface area (Å²) in [6, 6.07) is 17.0. The number of rotatable bonds is 8. The number of benzene rings is 2. The summed E-state index contributed by atoms with van der Waals surface area (Å²) < 4.78 is 11.4. The lowest BCUT2D eigenvalue weighted by atomic mass is 9.99. The minimum absolute atomic E-state index is 0.0512. The SMILES string of the molecule is CCOc1cccc(N2C(=O)C(=O)/C(=C(\O)c3cccc(OCC(C)C)c3)C2c2cccs2)c1. The van der Waals surface area contributed by atoms with Crippen LogP contribution in [0.3, 0.4) is 0 Å². The molecule has 1 aromatic heterocycles. The van der Waals surface area contributed by atoms with E-state index < -0.39 is 17.7 Å². The van der Waals surface area contributed by atoms with Gasteiger partial charge in [0.1, 0.15) is 23.3 Å². The normalized spacial score (nSPS) is 17.4. The highest BCUT2D eigenvalue weighted by atomic mass is 32.1. The van der Waals surface area contributed by atoms with Gasteiger partial charge in [0.15, 0.2) is 0 Å². The maximum Gasteiger partial charge on any atom is 0.300 e. The van der Waals surface area contributed by atoms with Crippen molar-refractivity contribution in [3.63, 3.8) is 0 Å². The third kappa shape index (κ3) is 4.70. The predicted octanol–water partition coefficient (Wildman–Crippen LogP) is 5.81. The smallest absolute Gasteiger partial charge is 0.300 e. The van der Waals surface area contributed by atoms with E-state index in [2.05, 4.69) is 0 Å². The molecule has 1 unspecified atom stereocenters. The highest BCUT2D eigenvalue weighted by Crippen LogP contribution is 2.44. The van der Waals surface area contributed by atoms with Crippen molar-refractivity contribution in [3.8, 4) is 11.5 Å². The van der Waals surface area contributed by atoms with Gasteiger partial charge in [-0.25, -0.2) is 0 Å². The number of ketones is 1. The van der Waals surface area contributed by atoms with Crippen LogP contribution in [-0.2, 0) is 9.59 Å². The maximum atomic E-state index is 13.3. The van der Waals surface area contributed by atoms with Crippen LogP contribution in [-0.4, -0.2) is 30.0 Å². The number of carbonyl (C=O) groups excluding carboxylic acids is 2. The molecule has 0 saturated carbocycles. The number of aliphatic hydroxyl groups excluding tert-OH is 1. The molecule has 4 rings (SSSR count). The Morgan fingerprint density at radius 2 is 1.76 bits per heavy atom. The van der Waals surface area contributed by atoms with Gasteiger partial charge in [0.05, 0.1) is 18.8 Å². The first kappa shape index (κ1) is 23.6. The first-order chi connectivity index (χ1) is 16.4. The molecule has 0 bridgehead atoms. The van der Waals surface area contributed by atoms with Crippen molar-refractivity contribution in [2.24, 2.45) is 5.92 Å². The average molecular weight is 478 g/mol. The molecule has 7 heteroatoms. The summed E-state index contributed by atoms with van der Waals surface area (Å²) in [4.78, 5) is 28.7. The molecule has 0 radical (unpaired) electrons. The summed E-state index contributed by atoms with van der Waals surface area (Å²) in [5.41, 5.74) is 0.999. The van der Waals surface area contributed by atoms with Crippen molar-refractivity contribution in [2.45, 2.75) is 26.8 Å². The van der Waals surface area contributed by atoms with Crippen LogP contribution in [0.2, 0.25) is 0 Å². The maximum absolute atomic E-state index is 13.3. The van der Waals surface area contributed by atoms with Crippen LogP contribution in [0.15, 0.2) is 71.6 Å². The van der Waals surface area contributed by atoms with E-state index in [0.717, 1.165) is 4.88 Å². The fraction of sp³-hybridized carbons (Fsp3) is 0.259. The van der Waals surface area contributed by atoms with Crippen LogP contribution < -0.4 is 14.4 Å². The first-order valence-corrected chi connectivity index (χ1v) is 12.1. The Kier molecular flexibility index (Phi) is 7.03. The molecule has 1 amide bonds. The van der Waals surface area contributed by atoms with E-state index >= 15 is 0 Å². The molecular weight excluding hydrogens is 450 g/mol. The highest BCUT2D eigenvalue weighted by Gasteiger charge is 2.47. The van der Waals surface area contributed by atoms with E-state index in [9.17, 15) is 14.7 Å². The average Bonchev–Trinajstić information content (AvgIpc) is 3.45. The second-order valence-electron chi connectivity index (χ2n) is 8.35. The second-order valence-corrected chi connectivity index (χ2v) is 9.33. The van der Waals surface area contributed by atoms with Gasteiger partial charge in [0.25, 0.3) is 11.7 Å². The van der Waals surface area contributed by atoms with E-state index in [1.165, 1.54) is 16.2 Å². The number of nitrogens with zero attached hydrogens (tertiary/aromatic N) is 1. The van der Waals surface area contributed by atoms with Gasteiger partial charge in [-0.05, 0) is 48.6 Å². The van der Waals surface area contributed by atoms with E-state index in [1.807, 2.05) is 38.3 Å². The lowest BCUT2D eigenvalue weighted by Crippen LogP contribution is -2.29. The fourth-order valence-corrected chi connectivity index (χ4v) is 4.68. The lowest BCUT2D eigenvalue weighted by molar-refractivity contribution is -0.132. The summed E-state index contributed by atoms with van der Waals surface area (Å²) in [7, 11) is 0. The van der Waals surface area contributed by atoms with Crippen LogP contribution in [0.5, 0.6) is 11.5 Å². The molecule has 0 spiro atoms. The number of hydrogen-bond donors (Lipinski definition) is 1. The monoisotopic (exact) mass is 477 g/mol.